The molecule has 2 aliphatic rings. The van der Waals surface area contributed by atoms with Gasteiger partial charge in [0.1, 0.15) is 6.33 Å². The van der Waals surface area contributed by atoms with Crippen molar-refractivity contribution >= 4 is 38.6 Å². The van der Waals surface area contributed by atoms with Gasteiger partial charge in [-0.2, -0.15) is 0 Å². The Balaban J connectivity index is 1.22. The monoisotopic (exact) mass is 447 g/mol. The van der Waals surface area contributed by atoms with Crippen LogP contribution in [0.15, 0.2) is 54.4 Å². The maximum atomic E-state index is 13.1. The summed E-state index contributed by atoms with van der Waals surface area (Å²) in [4.78, 5) is 28.1. The van der Waals surface area contributed by atoms with Crippen molar-refractivity contribution in [3.8, 4) is 0 Å². The van der Waals surface area contributed by atoms with Gasteiger partial charge in [-0.25, -0.2) is 9.97 Å². The highest BCUT2D eigenvalue weighted by Crippen LogP contribution is 2.32. The van der Waals surface area contributed by atoms with Crippen LogP contribution in [-0.2, 0) is 4.79 Å². The van der Waals surface area contributed by atoms with Crippen molar-refractivity contribution in [3.63, 3.8) is 0 Å². The zero-order valence-corrected chi connectivity index (χ0v) is 19.5. The summed E-state index contributed by atoms with van der Waals surface area (Å²) in [6.07, 6.45) is 8.44. The summed E-state index contributed by atoms with van der Waals surface area (Å²) in [5.74, 6) is 0.227. The lowest BCUT2D eigenvalue weighted by molar-refractivity contribution is -0.133. The van der Waals surface area contributed by atoms with E-state index in [1.54, 1.807) is 17.7 Å². The van der Waals surface area contributed by atoms with Gasteiger partial charge >= 0.3 is 0 Å². The van der Waals surface area contributed by atoms with Gasteiger partial charge < -0.3 is 9.80 Å². The Morgan fingerprint density at radius 2 is 1.91 bits per heavy atom. The average Bonchev–Trinajstić information content (AvgIpc) is 3.31. The topological polar surface area (TPSA) is 52.6 Å². The molecular formula is C25H29N5OS. The van der Waals surface area contributed by atoms with Gasteiger partial charge in [0.25, 0.3) is 0 Å². The minimum atomic E-state index is 0.227. The predicted molar refractivity (Wildman–Crippen MR) is 131 cm³/mol. The van der Waals surface area contributed by atoms with Crippen molar-refractivity contribution in [1.82, 2.24) is 19.8 Å². The Morgan fingerprint density at radius 1 is 1.12 bits per heavy atom. The van der Waals surface area contributed by atoms with E-state index in [4.69, 9.17) is 0 Å². The summed E-state index contributed by atoms with van der Waals surface area (Å²) in [5.41, 5.74) is 3.74. The van der Waals surface area contributed by atoms with Crippen molar-refractivity contribution < 1.29 is 4.79 Å². The third-order valence-electron chi connectivity index (χ3n) is 6.72. The summed E-state index contributed by atoms with van der Waals surface area (Å²) in [5, 5.41) is 3.45. The number of anilines is 1. The van der Waals surface area contributed by atoms with Crippen molar-refractivity contribution in [2.75, 3.05) is 37.6 Å². The van der Waals surface area contributed by atoms with E-state index >= 15 is 0 Å². The van der Waals surface area contributed by atoms with E-state index in [-0.39, 0.29) is 18.0 Å². The average molecular weight is 448 g/mol. The SMILES string of the molecule is C[C@@H]1CN(c2cncnc2)C[C@H](C)N1CC(=O)N1CC=C(c2cccc3ccsc23)CC1. The van der Waals surface area contributed by atoms with Gasteiger partial charge in [0, 0.05) is 43.0 Å². The number of nitrogens with zero attached hydrogens (tertiary/aromatic N) is 5. The highest BCUT2D eigenvalue weighted by molar-refractivity contribution is 7.17. The number of rotatable bonds is 4. The van der Waals surface area contributed by atoms with Crippen LogP contribution in [0.4, 0.5) is 5.69 Å². The second kappa shape index (κ2) is 9.00. The van der Waals surface area contributed by atoms with Crippen LogP contribution in [0, 0.1) is 0 Å². The van der Waals surface area contributed by atoms with Gasteiger partial charge in [-0.15, -0.1) is 11.3 Å². The van der Waals surface area contributed by atoms with Crippen LogP contribution in [0.2, 0.25) is 0 Å². The molecule has 1 amide bonds. The van der Waals surface area contributed by atoms with Gasteiger partial charge in [0.15, 0.2) is 0 Å². The smallest absolute Gasteiger partial charge is 0.237 e. The minimum absolute atomic E-state index is 0.227. The number of carbonyl (C=O) groups excluding carboxylic acids is 1. The lowest BCUT2D eigenvalue weighted by Gasteiger charge is -2.45. The van der Waals surface area contributed by atoms with Crippen molar-refractivity contribution in [3.05, 3.63) is 60.0 Å². The third kappa shape index (κ3) is 4.14. The molecule has 1 fully saturated rings. The summed E-state index contributed by atoms with van der Waals surface area (Å²) in [6.45, 7) is 8.12. The van der Waals surface area contributed by atoms with Gasteiger partial charge in [-0.1, -0.05) is 24.3 Å². The molecule has 0 N–H and O–H groups in total. The molecule has 1 saturated heterocycles. The highest BCUT2D eigenvalue weighted by atomic mass is 32.1. The Kier molecular flexibility index (Phi) is 5.93. The Labute approximate surface area is 193 Å². The molecule has 32 heavy (non-hydrogen) atoms. The predicted octanol–water partition coefficient (Wildman–Crippen LogP) is 3.91. The summed E-state index contributed by atoms with van der Waals surface area (Å²) < 4.78 is 1.35. The van der Waals surface area contributed by atoms with E-state index < -0.39 is 0 Å². The molecule has 0 aliphatic carbocycles. The molecule has 0 spiro atoms. The zero-order chi connectivity index (χ0) is 22.1. The van der Waals surface area contributed by atoms with Crippen LogP contribution < -0.4 is 4.90 Å². The molecule has 0 radical (unpaired) electrons. The molecule has 166 valence electrons. The number of benzene rings is 1. The number of hydrogen-bond acceptors (Lipinski definition) is 6. The number of piperazine rings is 1. The second-order valence-electron chi connectivity index (χ2n) is 8.84. The number of amides is 1. The van der Waals surface area contributed by atoms with Crippen LogP contribution >= 0.6 is 11.3 Å². The van der Waals surface area contributed by atoms with E-state index in [0.717, 1.165) is 31.7 Å². The normalized spacial score (nSPS) is 22.2. The molecule has 3 aromatic rings. The minimum Gasteiger partial charge on any atom is -0.366 e. The van der Waals surface area contributed by atoms with E-state index in [1.807, 2.05) is 17.3 Å². The fourth-order valence-electron chi connectivity index (χ4n) is 4.98. The van der Waals surface area contributed by atoms with Gasteiger partial charge in [-0.05, 0) is 48.2 Å². The summed E-state index contributed by atoms with van der Waals surface area (Å²) in [7, 11) is 0. The first-order valence-corrected chi connectivity index (χ1v) is 12.2. The molecule has 6 nitrogen and oxygen atoms in total. The summed E-state index contributed by atoms with van der Waals surface area (Å²) >= 11 is 1.80. The van der Waals surface area contributed by atoms with Crippen molar-refractivity contribution in [1.29, 1.82) is 0 Å². The van der Waals surface area contributed by atoms with Crippen LogP contribution in [0.5, 0.6) is 0 Å². The fraction of sp³-hybridized carbons (Fsp3) is 0.400. The van der Waals surface area contributed by atoms with E-state index in [9.17, 15) is 4.79 Å². The number of thiophene rings is 1. The highest BCUT2D eigenvalue weighted by Gasteiger charge is 2.32. The molecule has 0 saturated carbocycles. The number of hydrogen-bond donors (Lipinski definition) is 0. The molecular weight excluding hydrogens is 418 g/mol. The lowest BCUT2D eigenvalue weighted by Crippen LogP contribution is -2.59. The maximum absolute atomic E-state index is 13.1. The van der Waals surface area contributed by atoms with Crippen LogP contribution in [0.25, 0.3) is 15.7 Å². The third-order valence-corrected chi connectivity index (χ3v) is 7.68. The molecule has 1 aromatic carbocycles. The number of fused-ring (bicyclic) bond motifs is 1. The van der Waals surface area contributed by atoms with Gasteiger partial charge in [-0.3, -0.25) is 9.69 Å². The molecule has 2 aromatic heterocycles. The Morgan fingerprint density at radius 3 is 2.62 bits per heavy atom. The van der Waals surface area contributed by atoms with E-state index in [1.165, 1.54) is 21.2 Å². The first-order valence-electron chi connectivity index (χ1n) is 11.3. The zero-order valence-electron chi connectivity index (χ0n) is 18.6. The lowest BCUT2D eigenvalue weighted by atomic mass is 9.98. The Hall–Kier alpha value is -2.77. The van der Waals surface area contributed by atoms with Crippen molar-refractivity contribution in [2.24, 2.45) is 0 Å². The van der Waals surface area contributed by atoms with Crippen LogP contribution in [-0.4, -0.2) is 70.5 Å². The van der Waals surface area contributed by atoms with Gasteiger partial charge in [0.2, 0.25) is 5.91 Å². The number of aromatic nitrogens is 2. The molecule has 7 heteroatoms. The quantitative estimate of drug-likeness (QED) is 0.607. The largest absolute Gasteiger partial charge is 0.366 e. The molecule has 5 rings (SSSR count). The van der Waals surface area contributed by atoms with Crippen LogP contribution in [0.3, 0.4) is 0 Å². The second-order valence-corrected chi connectivity index (χ2v) is 9.75. The number of carbonyl (C=O) groups is 1. The van der Waals surface area contributed by atoms with E-state index in [0.29, 0.717) is 13.1 Å². The van der Waals surface area contributed by atoms with Crippen LogP contribution in [0.1, 0.15) is 25.8 Å². The standard InChI is InChI=1S/C25H29N5OS/c1-18-14-29(22-12-26-17-27-13-22)15-19(2)30(18)16-24(31)28-9-6-20(7-10-28)23-5-3-4-21-8-11-32-25(21)23/h3-6,8,11-13,17-19H,7,9-10,14-16H2,1-2H3/t18-,19+. The molecule has 4 heterocycles. The molecule has 2 aliphatic heterocycles. The Bertz CT molecular complexity index is 1120. The first kappa shape index (κ1) is 21.1. The molecule has 2 atom stereocenters. The van der Waals surface area contributed by atoms with Crippen molar-refractivity contribution in [2.45, 2.75) is 32.4 Å². The molecule has 0 unspecified atom stereocenters. The van der Waals surface area contributed by atoms with E-state index in [2.05, 4.69) is 69.3 Å². The fourth-order valence-corrected chi connectivity index (χ4v) is 5.92. The van der Waals surface area contributed by atoms with Gasteiger partial charge in [0.05, 0.1) is 24.6 Å². The maximum Gasteiger partial charge on any atom is 0.237 e. The summed E-state index contributed by atoms with van der Waals surface area (Å²) in [6, 6.07) is 9.26. The molecule has 0 bridgehead atoms. The first-order chi connectivity index (χ1) is 15.6.